The van der Waals surface area contributed by atoms with E-state index < -0.39 is 0 Å². The molecule has 0 aliphatic rings. The molecule has 6 nitrogen and oxygen atoms in total. The number of aryl methyl sites for hydroxylation is 1. The quantitative estimate of drug-likeness (QED) is 0.754. The summed E-state index contributed by atoms with van der Waals surface area (Å²) in [5, 5.41) is 10.9. The fourth-order valence-corrected chi connectivity index (χ4v) is 2.32. The SMILES string of the molecule is CC(NC(=O)CCc1nnc(-c2ccncc2)o1)c1ccccc1. The summed E-state index contributed by atoms with van der Waals surface area (Å²) in [7, 11) is 0. The molecule has 0 spiro atoms. The van der Waals surface area contributed by atoms with E-state index in [0.29, 0.717) is 24.6 Å². The molecule has 6 heteroatoms. The molecule has 2 heterocycles. The Morgan fingerprint density at radius 1 is 1.12 bits per heavy atom. The lowest BCUT2D eigenvalue weighted by molar-refractivity contribution is -0.121. The van der Waals surface area contributed by atoms with Gasteiger partial charge in [0.25, 0.3) is 0 Å². The van der Waals surface area contributed by atoms with Gasteiger partial charge < -0.3 is 9.73 Å². The van der Waals surface area contributed by atoms with Gasteiger partial charge in [0.05, 0.1) is 6.04 Å². The maximum Gasteiger partial charge on any atom is 0.247 e. The van der Waals surface area contributed by atoms with Gasteiger partial charge in [-0.2, -0.15) is 0 Å². The number of nitrogens with one attached hydrogen (secondary N) is 1. The van der Waals surface area contributed by atoms with Crippen molar-refractivity contribution in [3.63, 3.8) is 0 Å². The number of nitrogens with zero attached hydrogens (tertiary/aromatic N) is 3. The summed E-state index contributed by atoms with van der Waals surface area (Å²) >= 11 is 0. The second kappa shape index (κ2) is 7.50. The summed E-state index contributed by atoms with van der Waals surface area (Å²) in [6.07, 6.45) is 4.04. The van der Waals surface area contributed by atoms with Crippen LogP contribution >= 0.6 is 0 Å². The van der Waals surface area contributed by atoms with Crippen LogP contribution in [0.3, 0.4) is 0 Å². The Kier molecular flexibility index (Phi) is 4.96. The van der Waals surface area contributed by atoms with Crippen LogP contribution in [0, 0.1) is 0 Å². The molecule has 0 fully saturated rings. The molecule has 0 aliphatic heterocycles. The summed E-state index contributed by atoms with van der Waals surface area (Å²) in [4.78, 5) is 16.0. The maximum absolute atomic E-state index is 12.1. The second-order valence-electron chi connectivity index (χ2n) is 5.44. The van der Waals surface area contributed by atoms with Crippen LogP contribution in [0.1, 0.15) is 30.8 Å². The van der Waals surface area contributed by atoms with E-state index in [0.717, 1.165) is 11.1 Å². The maximum atomic E-state index is 12.1. The number of aromatic nitrogens is 3. The third-order valence-corrected chi connectivity index (χ3v) is 3.64. The van der Waals surface area contributed by atoms with Gasteiger partial charge in [0.2, 0.25) is 17.7 Å². The smallest absolute Gasteiger partial charge is 0.247 e. The summed E-state index contributed by atoms with van der Waals surface area (Å²) in [6, 6.07) is 13.4. The number of carbonyl (C=O) groups is 1. The molecule has 2 aromatic heterocycles. The topological polar surface area (TPSA) is 80.9 Å². The normalized spacial score (nSPS) is 11.9. The van der Waals surface area contributed by atoms with Crippen molar-refractivity contribution < 1.29 is 9.21 Å². The minimum absolute atomic E-state index is 0.0336. The van der Waals surface area contributed by atoms with Gasteiger partial charge in [-0.1, -0.05) is 30.3 Å². The fraction of sp³-hybridized carbons (Fsp3) is 0.222. The summed E-state index contributed by atoms with van der Waals surface area (Å²) in [5.41, 5.74) is 1.88. The first-order valence-corrected chi connectivity index (χ1v) is 7.79. The van der Waals surface area contributed by atoms with Crippen LogP contribution in [0.25, 0.3) is 11.5 Å². The van der Waals surface area contributed by atoms with Gasteiger partial charge in [-0.15, -0.1) is 10.2 Å². The Bertz CT molecular complexity index is 787. The molecule has 0 radical (unpaired) electrons. The van der Waals surface area contributed by atoms with Crippen molar-refractivity contribution in [2.24, 2.45) is 0 Å². The van der Waals surface area contributed by atoms with Gasteiger partial charge in [0.15, 0.2) is 0 Å². The largest absolute Gasteiger partial charge is 0.421 e. The Hall–Kier alpha value is -3.02. The number of rotatable bonds is 6. The molecule has 1 unspecified atom stereocenters. The van der Waals surface area contributed by atoms with E-state index in [-0.39, 0.29) is 11.9 Å². The third kappa shape index (κ3) is 4.04. The molecule has 3 aromatic rings. The standard InChI is InChI=1S/C18H18N4O2/c1-13(14-5-3-2-4-6-14)20-16(23)7-8-17-21-22-18(24-17)15-9-11-19-12-10-15/h2-6,9-13H,7-8H2,1H3,(H,20,23). The highest BCUT2D eigenvalue weighted by molar-refractivity contribution is 5.76. The lowest BCUT2D eigenvalue weighted by Gasteiger charge is -2.13. The molecule has 1 amide bonds. The average molecular weight is 322 g/mol. The second-order valence-corrected chi connectivity index (χ2v) is 5.44. The van der Waals surface area contributed by atoms with Gasteiger partial charge in [-0.3, -0.25) is 9.78 Å². The van der Waals surface area contributed by atoms with Gasteiger partial charge in [-0.05, 0) is 24.6 Å². The van der Waals surface area contributed by atoms with Crippen LogP contribution in [0.15, 0.2) is 59.3 Å². The number of carbonyl (C=O) groups excluding carboxylic acids is 1. The Labute approximate surface area is 140 Å². The lowest BCUT2D eigenvalue weighted by atomic mass is 10.1. The number of hydrogen-bond donors (Lipinski definition) is 1. The first-order valence-electron chi connectivity index (χ1n) is 7.79. The lowest BCUT2D eigenvalue weighted by Crippen LogP contribution is -2.26. The summed E-state index contributed by atoms with van der Waals surface area (Å²) in [5.74, 6) is 0.838. The average Bonchev–Trinajstić information content (AvgIpc) is 3.10. The number of pyridine rings is 1. The van der Waals surface area contributed by atoms with Crippen molar-refractivity contribution >= 4 is 5.91 Å². The first kappa shape index (κ1) is 15.9. The molecule has 1 N–H and O–H groups in total. The van der Waals surface area contributed by atoms with E-state index >= 15 is 0 Å². The minimum atomic E-state index is -0.0463. The molecule has 24 heavy (non-hydrogen) atoms. The zero-order valence-corrected chi connectivity index (χ0v) is 13.3. The van der Waals surface area contributed by atoms with E-state index in [2.05, 4.69) is 20.5 Å². The highest BCUT2D eigenvalue weighted by atomic mass is 16.4. The summed E-state index contributed by atoms with van der Waals surface area (Å²) < 4.78 is 5.58. The van der Waals surface area contributed by atoms with Gasteiger partial charge >= 0.3 is 0 Å². The third-order valence-electron chi connectivity index (χ3n) is 3.64. The predicted octanol–water partition coefficient (Wildman–Crippen LogP) is 2.94. The van der Waals surface area contributed by atoms with E-state index in [1.807, 2.05) is 37.3 Å². The van der Waals surface area contributed by atoms with E-state index in [1.54, 1.807) is 24.5 Å². The Morgan fingerprint density at radius 2 is 1.88 bits per heavy atom. The predicted molar refractivity (Wildman–Crippen MR) is 88.8 cm³/mol. The van der Waals surface area contributed by atoms with Crippen LogP contribution in [-0.2, 0) is 11.2 Å². The van der Waals surface area contributed by atoms with E-state index in [4.69, 9.17) is 4.42 Å². The Morgan fingerprint density at radius 3 is 2.62 bits per heavy atom. The molecule has 3 rings (SSSR count). The molecule has 122 valence electrons. The van der Waals surface area contributed by atoms with Crippen molar-refractivity contribution in [2.45, 2.75) is 25.8 Å². The molecular formula is C18H18N4O2. The Balaban J connectivity index is 1.53. The number of hydrogen-bond acceptors (Lipinski definition) is 5. The van der Waals surface area contributed by atoms with Crippen LogP contribution in [0.4, 0.5) is 0 Å². The molecular weight excluding hydrogens is 304 g/mol. The van der Waals surface area contributed by atoms with Crippen LogP contribution in [-0.4, -0.2) is 21.1 Å². The molecule has 0 saturated heterocycles. The summed E-state index contributed by atoms with van der Waals surface area (Å²) in [6.45, 7) is 1.96. The zero-order valence-electron chi connectivity index (χ0n) is 13.3. The zero-order chi connectivity index (χ0) is 16.8. The minimum Gasteiger partial charge on any atom is -0.421 e. The van der Waals surface area contributed by atoms with Gasteiger partial charge in [-0.25, -0.2) is 0 Å². The highest BCUT2D eigenvalue weighted by Gasteiger charge is 2.12. The van der Waals surface area contributed by atoms with Crippen molar-refractivity contribution in [1.29, 1.82) is 0 Å². The van der Waals surface area contributed by atoms with Crippen LogP contribution < -0.4 is 5.32 Å². The molecule has 0 aliphatic carbocycles. The van der Waals surface area contributed by atoms with Crippen molar-refractivity contribution in [2.75, 3.05) is 0 Å². The molecule has 0 saturated carbocycles. The van der Waals surface area contributed by atoms with Gasteiger partial charge in [0, 0.05) is 30.8 Å². The molecule has 0 bridgehead atoms. The highest BCUT2D eigenvalue weighted by Crippen LogP contribution is 2.17. The van der Waals surface area contributed by atoms with Crippen molar-refractivity contribution in [3.05, 3.63) is 66.3 Å². The fourth-order valence-electron chi connectivity index (χ4n) is 2.32. The number of benzene rings is 1. The van der Waals surface area contributed by atoms with Crippen molar-refractivity contribution in [1.82, 2.24) is 20.5 Å². The molecule has 1 aromatic carbocycles. The number of amides is 1. The monoisotopic (exact) mass is 322 g/mol. The van der Waals surface area contributed by atoms with Gasteiger partial charge in [0.1, 0.15) is 0 Å². The van der Waals surface area contributed by atoms with E-state index in [9.17, 15) is 4.79 Å². The van der Waals surface area contributed by atoms with Crippen molar-refractivity contribution in [3.8, 4) is 11.5 Å². The van der Waals surface area contributed by atoms with Crippen LogP contribution in [0.2, 0.25) is 0 Å². The first-order chi connectivity index (χ1) is 11.7. The molecule has 1 atom stereocenters. The van der Waals surface area contributed by atoms with E-state index in [1.165, 1.54) is 0 Å². The van der Waals surface area contributed by atoms with Crippen LogP contribution in [0.5, 0.6) is 0 Å².